The minimum atomic E-state index is -0.477. The molecular formula is C25H26N6O3S. The molecule has 1 amide bonds. The number of fused-ring (bicyclic) bond motifs is 1. The summed E-state index contributed by atoms with van der Waals surface area (Å²) in [5.74, 6) is -0.171. The number of nitriles is 1. The lowest BCUT2D eigenvalue weighted by atomic mass is 10.1. The average Bonchev–Trinajstić information content (AvgIpc) is 3.45. The number of nitrogens with zero attached hydrogens (tertiary/aromatic N) is 5. The maximum absolute atomic E-state index is 13.1. The number of aromatic nitrogens is 3. The first-order chi connectivity index (χ1) is 17.0. The molecule has 1 aliphatic carbocycles. The molecule has 0 unspecified atom stereocenters. The van der Waals surface area contributed by atoms with Gasteiger partial charge in [-0.15, -0.1) is 5.10 Å². The van der Waals surface area contributed by atoms with Crippen molar-refractivity contribution < 1.29 is 9.53 Å². The zero-order chi connectivity index (χ0) is 24.4. The van der Waals surface area contributed by atoms with Gasteiger partial charge in [0.2, 0.25) is 0 Å². The lowest BCUT2D eigenvalue weighted by Gasteiger charge is -2.22. The molecule has 10 heteroatoms. The Kier molecular flexibility index (Phi) is 6.45. The van der Waals surface area contributed by atoms with Crippen LogP contribution < -0.4 is 15.6 Å². The van der Waals surface area contributed by atoms with E-state index in [0.29, 0.717) is 29.0 Å². The van der Waals surface area contributed by atoms with Gasteiger partial charge in [0.15, 0.2) is 0 Å². The second-order valence-corrected chi connectivity index (χ2v) is 10.6. The van der Waals surface area contributed by atoms with Gasteiger partial charge in [0.25, 0.3) is 17.3 Å². The summed E-state index contributed by atoms with van der Waals surface area (Å²) in [7, 11) is 1.61. The molecule has 1 aromatic carbocycles. The highest BCUT2D eigenvalue weighted by molar-refractivity contribution is 7.98. The SMILES string of the molecule is Cn1c(=O)c(C(=O)NCc2ccc(C#N)cc2)cc2cnnc(OCC3(SN4CCCC4)CC3)c21. The van der Waals surface area contributed by atoms with Gasteiger partial charge in [0.05, 0.1) is 22.6 Å². The Morgan fingerprint density at radius 1 is 1.26 bits per heavy atom. The van der Waals surface area contributed by atoms with Gasteiger partial charge in [-0.2, -0.15) is 10.4 Å². The molecule has 9 nitrogen and oxygen atoms in total. The fourth-order valence-corrected chi connectivity index (χ4v) is 5.59. The van der Waals surface area contributed by atoms with E-state index in [2.05, 4.69) is 25.9 Å². The Morgan fingerprint density at radius 2 is 2.00 bits per heavy atom. The maximum atomic E-state index is 13.1. The monoisotopic (exact) mass is 490 g/mol. The van der Waals surface area contributed by atoms with E-state index in [-0.39, 0.29) is 16.9 Å². The lowest BCUT2D eigenvalue weighted by Crippen LogP contribution is -2.32. The molecule has 1 N–H and O–H groups in total. The van der Waals surface area contributed by atoms with E-state index in [1.54, 1.807) is 37.4 Å². The minimum Gasteiger partial charge on any atom is -0.474 e. The van der Waals surface area contributed by atoms with Crippen LogP contribution in [-0.4, -0.2) is 49.4 Å². The number of hydrogen-bond acceptors (Lipinski definition) is 8. The van der Waals surface area contributed by atoms with E-state index in [9.17, 15) is 9.59 Å². The highest BCUT2D eigenvalue weighted by Crippen LogP contribution is 2.50. The normalized spacial score (nSPS) is 16.7. The zero-order valence-electron chi connectivity index (χ0n) is 19.5. The molecule has 0 spiro atoms. The minimum absolute atomic E-state index is 0.0239. The molecule has 1 saturated heterocycles. The smallest absolute Gasteiger partial charge is 0.263 e. The van der Waals surface area contributed by atoms with Crippen molar-refractivity contribution in [2.45, 2.75) is 37.0 Å². The van der Waals surface area contributed by atoms with Crippen LogP contribution in [0.1, 0.15) is 47.2 Å². The molecule has 2 aliphatic rings. The molecule has 0 bridgehead atoms. The highest BCUT2D eigenvalue weighted by Gasteiger charge is 2.46. The van der Waals surface area contributed by atoms with Gasteiger partial charge in [-0.25, -0.2) is 0 Å². The third kappa shape index (κ3) is 5.01. The summed E-state index contributed by atoms with van der Waals surface area (Å²) >= 11 is 1.89. The summed E-state index contributed by atoms with van der Waals surface area (Å²) in [6.45, 7) is 2.98. The number of rotatable bonds is 8. The molecule has 3 aromatic rings. The standard InChI is InChI=1S/C25H26N6O3S/c1-30-21-19(12-20(24(30)33)22(32)27-14-18-6-4-17(13-26)5-7-18)15-28-29-23(21)34-16-25(8-9-25)35-31-10-2-3-11-31/h4-7,12,15H,2-3,8-11,14,16H2,1H3,(H,27,32). The van der Waals surface area contributed by atoms with E-state index >= 15 is 0 Å². The van der Waals surface area contributed by atoms with Gasteiger partial charge in [-0.05, 0) is 49.4 Å². The van der Waals surface area contributed by atoms with Crippen molar-refractivity contribution in [3.63, 3.8) is 0 Å². The lowest BCUT2D eigenvalue weighted by molar-refractivity contribution is 0.0949. The van der Waals surface area contributed by atoms with Crippen LogP contribution >= 0.6 is 11.9 Å². The van der Waals surface area contributed by atoms with Crippen LogP contribution in [0.15, 0.2) is 41.3 Å². The van der Waals surface area contributed by atoms with Gasteiger partial charge < -0.3 is 14.6 Å². The number of carbonyl (C=O) groups is 1. The topological polar surface area (TPSA) is 113 Å². The molecule has 0 atom stereocenters. The number of aryl methyl sites for hydroxylation is 1. The van der Waals surface area contributed by atoms with Crippen LogP contribution in [0.5, 0.6) is 5.88 Å². The zero-order valence-corrected chi connectivity index (χ0v) is 20.3. The molecule has 2 aromatic heterocycles. The Bertz CT molecular complexity index is 1350. The number of benzene rings is 1. The Morgan fingerprint density at radius 3 is 2.69 bits per heavy atom. The van der Waals surface area contributed by atoms with Crippen LogP contribution in [0.2, 0.25) is 0 Å². The number of amides is 1. The highest BCUT2D eigenvalue weighted by atomic mass is 32.2. The molecule has 0 radical (unpaired) electrons. The maximum Gasteiger partial charge on any atom is 0.263 e. The average molecular weight is 491 g/mol. The summed E-state index contributed by atoms with van der Waals surface area (Å²) in [4.78, 5) is 25.9. The van der Waals surface area contributed by atoms with Gasteiger partial charge in [-0.1, -0.05) is 24.1 Å². The quantitative estimate of drug-likeness (QED) is 0.480. The number of nitrogens with one attached hydrogen (secondary N) is 1. The van der Waals surface area contributed by atoms with Crippen LogP contribution in [0, 0.1) is 11.3 Å². The first kappa shape index (κ1) is 23.3. The fraction of sp³-hybridized carbons (Fsp3) is 0.400. The largest absolute Gasteiger partial charge is 0.474 e. The molecule has 35 heavy (non-hydrogen) atoms. The third-order valence-corrected chi connectivity index (χ3v) is 7.98. The molecule has 2 fully saturated rings. The van der Waals surface area contributed by atoms with E-state index < -0.39 is 11.5 Å². The van der Waals surface area contributed by atoms with Crippen LogP contribution in [0.25, 0.3) is 10.9 Å². The Balaban J connectivity index is 1.32. The molecule has 5 rings (SSSR count). The second kappa shape index (κ2) is 9.68. The molecule has 1 aliphatic heterocycles. The summed E-state index contributed by atoms with van der Waals surface area (Å²) in [5.41, 5.74) is 1.49. The van der Waals surface area contributed by atoms with Crippen molar-refractivity contribution >= 4 is 28.8 Å². The predicted molar refractivity (Wildman–Crippen MR) is 133 cm³/mol. The summed E-state index contributed by atoms with van der Waals surface area (Å²) in [6.07, 6.45) is 6.20. The molecule has 1 saturated carbocycles. The van der Waals surface area contributed by atoms with Gasteiger partial charge >= 0.3 is 0 Å². The van der Waals surface area contributed by atoms with Crippen molar-refractivity contribution in [3.8, 4) is 11.9 Å². The van der Waals surface area contributed by atoms with Gasteiger partial charge in [-0.3, -0.25) is 13.9 Å². The van der Waals surface area contributed by atoms with Crippen molar-refractivity contribution in [2.24, 2.45) is 7.05 Å². The fourth-order valence-electron chi connectivity index (χ4n) is 4.21. The third-order valence-electron chi connectivity index (χ3n) is 6.44. The summed E-state index contributed by atoms with van der Waals surface area (Å²) in [6, 6.07) is 10.5. The van der Waals surface area contributed by atoms with E-state index in [1.807, 2.05) is 11.9 Å². The van der Waals surface area contributed by atoms with E-state index in [1.165, 1.54) is 23.6 Å². The summed E-state index contributed by atoms with van der Waals surface area (Å²) in [5, 5.41) is 20.5. The molecule has 3 heterocycles. The number of carbonyl (C=O) groups excluding carboxylic acids is 1. The molecule has 180 valence electrons. The first-order valence-corrected chi connectivity index (χ1v) is 12.4. The summed E-state index contributed by atoms with van der Waals surface area (Å²) < 4.78 is 10.0. The van der Waals surface area contributed by atoms with Crippen molar-refractivity contribution in [1.82, 2.24) is 24.4 Å². The van der Waals surface area contributed by atoms with Crippen molar-refractivity contribution in [3.05, 3.63) is 63.6 Å². The van der Waals surface area contributed by atoms with Gasteiger partial charge in [0.1, 0.15) is 17.7 Å². The van der Waals surface area contributed by atoms with Crippen LogP contribution in [-0.2, 0) is 13.6 Å². The Hall–Kier alpha value is -3.42. The van der Waals surface area contributed by atoms with Gasteiger partial charge in [0, 0.05) is 32.1 Å². The van der Waals surface area contributed by atoms with Crippen LogP contribution in [0.4, 0.5) is 0 Å². The Labute approximate surface area is 207 Å². The second-order valence-electron chi connectivity index (χ2n) is 9.07. The van der Waals surface area contributed by atoms with E-state index in [0.717, 1.165) is 31.5 Å². The first-order valence-electron chi connectivity index (χ1n) is 11.7. The van der Waals surface area contributed by atoms with E-state index in [4.69, 9.17) is 10.00 Å². The van der Waals surface area contributed by atoms with Crippen molar-refractivity contribution in [1.29, 1.82) is 5.26 Å². The van der Waals surface area contributed by atoms with Crippen LogP contribution in [0.3, 0.4) is 0 Å². The van der Waals surface area contributed by atoms with Crippen molar-refractivity contribution in [2.75, 3.05) is 19.7 Å². The number of pyridine rings is 1. The predicted octanol–water partition coefficient (Wildman–Crippen LogP) is 2.79. The number of ether oxygens (including phenoxy) is 1. The number of hydrogen-bond donors (Lipinski definition) is 1. The molecular weight excluding hydrogens is 464 g/mol.